The van der Waals surface area contributed by atoms with Gasteiger partial charge < -0.3 is 19.8 Å². The van der Waals surface area contributed by atoms with Crippen LogP contribution in [0.3, 0.4) is 0 Å². The number of ether oxygens (including phenoxy) is 2. The summed E-state index contributed by atoms with van der Waals surface area (Å²) < 4.78 is 39.3. The van der Waals surface area contributed by atoms with Gasteiger partial charge in [-0.05, 0) is 32.0 Å². The topological polar surface area (TPSA) is 134 Å². The molecule has 1 aliphatic rings. The van der Waals surface area contributed by atoms with Crippen LogP contribution in [0.4, 0.5) is 0 Å². The Morgan fingerprint density at radius 2 is 2.00 bits per heavy atom. The molecule has 1 atom stereocenters. The lowest BCUT2D eigenvalue weighted by Crippen LogP contribution is -2.40. The lowest BCUT2D eigenvalue weighted by molar-refractivity contribution is -0.153. The molecule has 2 heterocycles. The maximum absolute atomic E-state index is 12.9. The number of benzene rings is 1. The first-order chi connectivity index (χ1) is 14.2. The van der Waals surface area contributed by atoms with E-state index >= 15 is 0 Å². The van der Waals surface area contributed by atoms with E-state index in [0.29, 0.717) is 50.6 Å². The summed E-state index contributed by atoms with van der Waals surface area (Å²) in [6, 6.07) is 4.87. The van der Waals surface area contributed by atoms with Gasteiger partial charge in [0.25, 0.3) is 5.91 Å². The van der Waals surface area contributed by atoms with Gasteiger partial charge >= 0.3 is 5.97 Å². The molecular formula is C19H26N4O6S. The molecule has 11 heteroatoms. The number of nitrogens with zero attached hydrogens (tertiary/aromatic N) is 3. The standard InChI is InChI=1S/C19H26N4O6S/c1-3-23-16-5-4-14(30(26,27)22-8-10-28-11-9-22)12-15(16)21-17(23)6-7-18(24)29-13(2)19(20)25/h4-5,12-13H,3,6-11H2,1-2H3,(H2,20,25). The summed E-state index contributed by atoms with van der Waals surface area (Å²) in [6.45, 7) is 5.35. The first-order valence-electron chi connectivity index (χ1n) is 9.80. The van der Waals surface area contributed by atoms with E-state index in [4.69, 9.17) is 15.2 Å². The molecule has 1 aliphatic heterocycles. The largest absolute Gasteiger partial charge is 0.453 e. The maximum atomic E-state index is 12.9. The predicted octanol–water partition coefficient (Wildman–Crippen LogP) is 0.427. The van der Waals surface area contributed by atoms with Crippen LogP contribution in [0.2, 0.25) is 0 Å². The van der Waals surface area contributed by atoms with Gasteiger partial charge in [-0.1, -0.05) is 0 Å². The molecule has 0 saturated carbocycles. The zero-order valence-corrected chi connectivity index (χ0v) is 17.9. The first kappa shape index (κ1) is 22.2. The molecule has 0 spiro atoms. The van der Waals surface area contributed by atoms with Gasteiger partial charge in [0.2, 0.25) is 10.0 Å². The Morgan fingerprint density at radius 3 is 2.63 bits per heavy atom. The molecule has 164 valence electrons. The average molecular weight is 439 g/mol. The van der Waals surface area contributed by atoms with Crippen molar-refractivity contribution in [3.8, 4) is 0 Å². The summed E-state index contributed by atoms with van der Waals surface area (Å²) in [5.74, 6) is -0.623. The maximum Gasteiger partial charge on any atom is 0.307 e. The number of carbonyl (C=O) groups excluding carboxylic acids is 2. The molecule has 2 N–H and O–H groups in total. The number of primary amides is 1. The molecule has 10 nitrogen and oxygen atoms in total. The van der Waals surface area contributed by atoms with Crippen LogP contribution in [0.15, 0.2) is 23.1 Å². The van der Waals surface area contributed by atoms with Crippen molar-refractivity contribution in [3.63, 3.8) is 0 Å². The molecule has 3 rings (SSSR count). The molecule has 1 aromatic carbocycles. The quantitative estimate of drug-likeness (QED) is 0.591. The fourth-order valence-corrected chi connectivity index (χ4v) is 4.76. The second kappa shape index (κ2) is 9.11. The van der Waals surface area contributed by atoms with E-state index in [1.54, 1.807) is 18.2 Å². The predicted molar refractivity (Wildman–Crippen MR) is 108 cm³/mol. The number of carbonyl (C=O) groups is 2. The van der Waals surface area contributed by atoms with Crippen molar-refractivity contribution in [1.29, 1.82) is 0 Å². The van der Waals surface area contributed by atoms with E-state index in [-0.39, 0.29) is 11.3 Å². The average Bonchev–Trinajstić information content (AvgIpc) is 3.09. The number of esters is 1. The van der Waals surface area contributed by atoms with Crippen LogP contribution in [0.5, 0.6) is 0 Å². The van der Waals surface area contributed by atoms with Crippen LogP contribution in [0.25, 0.3) is 11.0 Å². The zero-order chi connectivity index (χ0) is 21.9. The van der Waals surface area contributed by atoms with Crippen LogP contribution in [-0.2, 0) is 42.1 Å². The number of aromatic nitrogens is 2. The van der Waals surface area contributed by atoms with Crippen molar-refractivity contribution in [1.82, 2.24) is 13.9 Å². The van der Waals surface area contributed by atoms with E-state index in [0.717, 1.165) is 5.52 Å². The van der Waals surface area contributed by atoms with E-state index in [1.807, 2.05) is 11.5 Å². The van der Waals surface area contributed by atoms with Crippen LogP contribution in [0, 0.1) is 0 Å². The third kappa shape index (κ3) is 4.63. The Labute approximate surface area is 175 Å². The third-order valence-electron chi connectivity index (χ3n) is 4.98. The van der Waals surface area contributed by atoms with E-state index in [2.05, 4.69) is 4.98 Å². The number of amides is 1. The van der Waals surface area contributed by atoms with Crippen molar-refractivity contribution >= 4 is 32.9 Å². The number of hydrogen-bond donors (Lipinski definition) is 1. The van der Waals surface area contributed by atoms with Gasteiger partial charge in [-0.3, -0.25) is 9.59 Å². The molecular weight excluding hydrogens is 412 g/mol. The first-order valence-corrected chi connectivity index (χ1v) is 11.2. The Bertz CT molecular complexity index is 1040. The van der Waals surface area contributed by atoms with Gasteiger partial charge in [0.15, 0.2) is 6.10 Å². The molecule has 1 fully saturated rings. The van der Waals surface area contributed by atoms with Crippen LogP contribution in [0.1, 0.15) is 26.1 Å². The second-order valence-electron chi connectivity index (χ2n) is 6.97. The van der Waals surface area contributed by atoms with Crippen LogP contribution >= 0.6 is 0 Å². The smallest absolute Gasteiger partial charge is 0.307 e. The highest BCUT2D eigenvalue weighted by Gasteiger charge is 2.27. The summed E-state index contributed by atoms with van der Waals surface area (Å²) in [6.07, 6.45) is -0.673. The second-order valence-corrected chi connectivity index (χ2v) is 8.91. The Morgan fingerprint density at radius 1 is 1.30 bits per heavy atom. The zero-order valence-electron chi connectivity index (χ0n) is 17.0. The number of hydrogen-bond acceptors (Lipinski definition) is 7. The van der Waals surface area contributed by atoms with Crippen molar-refractivity contribution in [2.45, 2.75) is 44.2 Å². The monoisotopic (exact) mass is 438 g/mol. The summed E-state index contributed by atoms with van der Waals surface area (Å²) in [7, 11) is -3.62. The minimum atomic E-state index is -3.62. The minimum absolute atomic E-state index is 0.0277. The van der Waals surface area contributed by atoms with Gasteiger partial charge in [-0.25, -0.2) is 13.4 Å². The number of morpholine rings is 1. The molecule has 1 aromatic heterocycles. The Hall–Kier alpha value is -2.50. The minimum Gasteiger partial charge on any atom is -0.453 e. The molecule has 0 radical (unpaired) electrons. The Balaban J connectivity index is 1.82. The lowest BCUT2D eigenvalue weighted by Gasteiger charge is -2.26. The number of rotatable bonds is 8. The molecule has 0 aliphatic carbocycles. The number of fused-ring (bicyclic) bond motifs is 1. The molecule has 0 bridgehead atoms. The number of sulfonamides is 1. The molecule has 1 unspecified atom stereocenters. The van der Waals surface area contributed by atoms with Gasteiger partial charge in [0.05, 0.1) is 35.6 Å². The van der Waals surface area contributed by atoms with Gasteiger partial charge in [-0.15, -0.1) is 0 Å². The third-order valence-corrected chi connectivity index (χ3v) is 6.88. The van der Waals surface area contributed by atoms with Crippen molar-refractivity contribution in [2.75, 3.05) is 26.3 Å². The highest BCUT2D eigenvalue weighted by atomic mass is 32.2. The van der Waals surface area contributed by atoms with Crippen molar-refractivity contribution in [2.24, 2.45) is 5.73 Å². The normalized spacial score (nSPS) is 16.5. The highest BCUT2D eigenvalue weighted by molar-refractivity contribution is 7.89. The Kier molecular flexibility index (Phi) is 6.74. The summed E-state index contributed by atoms with van der Waals surface area (Å²) in [5.41, 5.74) is 6.43. The van der Waals surface area contributed by atoms with Gasteiger partial charge in [0, 0.05) is 26.1 Å². The van der Waals surface area contributed by atoms with E-state index < -0.39 is 28.0 Å². The number of aryl methyl sites for hydroxylation is 2. The summed E-state index contributed by atoms with van der Waals surface area (Å²) in [5, 5.41) is 0. The molecule has 1 saturated heterocycles. The fourth-order valence-electron chi connectivity index (χ4n) is 3.33. The fraction of sp³-hybridized carbons (Fsp3) is 0.526. The van der Waals surface area contributed by atoms with E-state index in [9.17, 15) is 18.0 Å². The van der Waals surface area contributed by atoms with Crippen LogP contribution in [-0.4, -0.2) is 66.6 Å². The van der Waals surface area contributed by atoms with E-state index in [1.165, 1.54) is 11.2 Å². The van der Waals surface area contributed by atoms with Gasteiger partial charge in [0.1, 0.15) is 5.82 Å². The number of nitrogens with two attached hydrogens (primary N) is 1. The lowest BCUT2D eigenvalue weighted by atomic mass is 10.3. The highest BCUT2D eigenvalue weighted by Crippen LogP contribution is 2.24. The van der Waals surface area contributed by atoms with Gasteiger partial charge in [-0.2, -0.15) is 4.31 Å². The van der Waals surface area contributed by atoms with Crippen molar-refractivity contribution in [3.05, 3.63) is 24.0 Å². The SMILES string of the molecule is CCn1c(CCC(=O)OC(C)C(N)=O)nc2cc(S(=O)(=O)N3CCOCC3)ccc21. The summed E-state index contributed by atoms with van der Waals surface area (Å²) >= 11 is 0. The van der Waals surface area contributed by atoms with Crippen LogP contribution < -0.4 is 5.73 Å². The summed E-state index contributed by atoms with van der Waals surface area (Å²) in [4.78, 5) is 27.7. The molecule has 2 aromatic rings. The molecule has 1 amide bonds. The molecule has 30 heavy (non-hydrogen) atoms. The number of imidazole rings is 1. The van der Waals surface area contributed by atoms with Crippen molar-refractivity contribution < 1.29 is 27.5 Å².